The quantitative estimate of drug-likeness (QED) is 0.842. The number of nitrogens with one attached hydrogen (secondary N) is 1. The van der Waals surface area contributed by atoms with Crippen LogP contribution in [0.15, 0.2) is 46.1 Å². The van der Waals surface area contributed by atoms with Crippen LogP contribution in [0.5, 0.6) is 0 Å². The molecule has 2 rings (SSSR count). The van der Waals surface area contributed by atoms with Crippen molar-refractivity contribution in [2.24, 2.45) is 0 Å². The normalized spacial score (nSPS) is 11.6. The van der Waals surface area contributed by atoms with E-state index in [4.69, 9.17) is 21.8 Å². The topological polar surface area (TPSA) is 85.3 Å². The molecule has 5 nitrogen and oxygen atoms in total. The summed E-state index contributed by atoms with van der Waals surface area (Å²) < 4.78 is 31.4. The van der Waals surface area contributed by atoms with E-state index in [1.807, 2.05) is 0 Å². The molecular weight excluding hydrogens is 276 g/mol. The van der Waals surface area contributed by atoms with Crippen molar-refractivity contribution >= 4 is 27.3 Å². The number of anilines is 1. The minimum absolute atomic E-state index is 0.0923. The molecule has 0 aliphatic heterocycles. The summed E-state index contributed by atoms with van der Waals surface area (Å²) in [7, 11) is -3.75. The van der Waals surface area contributed by atoms with Crippen LogP contribution in [0, 0.1) is 0 Å². The molecule has 0 aliphatic carbocycles. The van der Waals surface area contributed by atoms with Crippen LogP contribution in [-0.4, -0.2) is 8.42 Å². The van der Waals surface area contributed by atoms with E-state index in [9.17, 15) is 8.42 Å². The molecule has 0 atom stereocenters. The van der Waals surface area contributed by atoms with E-state index in [1.54, 1.807) is 12.1 Å². The maximum absolute atomic E-state index is 12.1. The largest absolute Gasteiger partial charge is 0.472 e. The molecule has 0 bridgehead atoms. The molecule has 0 saturated heterocycles. The minimum atomic E-state index is -3.75. The van der Waals surface area contributed by atoms with Crippen LogP contribution in [0.25, 0.3) is 0 Å². The number of rotatable bonds is 4. The van der Waals surface area contributed by atoms with Gasteiger partial charge in [-0.25, -0.2) is 13.1 Å². The maximum Gasteiger partial charge on any atom is 0.244 e. The fourth-order valence-electron chi connectivity index (χ4n) is 1.45. The first kappa shape index (κ1) is 12.9. The second-order valence-electron chi connectivity index (χ2n) is 3.61. The van der Waals surface area contributed by atoms with Crippen LogP contribution < -0.4 is 10.5 Å². The van der Waals surface area contributed by atoms with Crippen LogP contribution in [-0.2, 0) is 16.6 Å². The molecule has 0 unspecified atom stereocenters. The zero-order chi connectivity index (χ0) is 13.2. The zero-order valence-electron chi connectivity index (χ0n) is 9.26. The second-order valence-corrected chi connectivity index (χ2v) is 5.73. The van der Waals surface area contributed by atoms with Gasteiger partial charge in [-0.15, -0.1) is 0 Å². The molecule has 0 amide bonds. The molecule has 0 spiro atoms. The van der Waals surface area contributed by atoms with Gasteiger partial charge in [0.25, 0.3) is 0 Å². The van der Waals surface area contributed by atoms with Crippen LogP contribution in [0.4, 0.5) is 5.69 Å². The van der Waals surface area contributed by atoms with E-state index >= 15 is 0 Å². The highest BCUT2D eigenvalue weighted by Gasteiger charge is 2.20. The molecule has 18 heavy (non-hydrogen) atoms. The van der Waals surface area contributed by atoms with Crippen LogP contribution in [0.1, 0.15) is 5.56 Å². The Bertz CT molecular complexity index is 618. The maximum atomic E-state index is 12.1. The van der Waals surface area contributed by atoms with Gasteiger partial charge in [0.1, 0.15) is 4.90 Å². The average Bonchev–Trinajstić information content (AvgIpc) is 2.78. The predicted molar refractivity (Wildman–Crippen MR) is 68.6 cm³/mol. The Hall–Kier alpha value is -1.50. The molecule has 3 N–H and O–H groups in total. The van der Waals surface area contributed by atoms with Crippen molar-refractivity contribution in [1.29, 1.82) is 0 Å². The number of hydrogen-bond donors (Lipinski definition) is 2. The van der Waals surface area contributed by atoms with E-state index in [-0.39, 0.29) is 22.2 Å². The summed E-state index contributed by atoms with van der Waals surface area (Å²) >= 11 is 5.86. The van der Waals surface area contributed by atoms with E-state index < -0.39 is 10.0 Å². The molecule has 1 heterocycles. The first-order valence-electron chi connectivity index (χ1n) is 5.05. The Morgan fingerprint density at radius 2 is 2.11 bits per heavy atom. The SMILES string of the molecule is Nc1cccc(Cl)c1S(=O)(=O)NCc1ccoc1. The van der Waals surface area contributed by atoms with Crippen molar-refractivity contribution in [3.05, 3.63) is 47.4 Å². The molecule has 1 aromatic carbocycles. The third kappa shape index (κ3) is 2.66. The summed E-state index contributed by atoms with van der Waals surface area (Å²) in [6, 6.07) is 6.22. The highest BCUT2D eigenvalue weighted by molar-refractivity contribution is 7.89. The number of benzene rings is 1. The third-order valence-electron chi connectivity index (χ3n) is 2.31. The lowest BCUT2D eigenvalue weighted by Crippen LogP contribution is -2.24. The predicted octanol–water partition coefficient (Wildman–Crippen LogP) is 1.99. The first-order chi connectivity index (χ1) is 8.50. The van der Waals surface area contributed by atoms with Crippen molar-refractivity contribution < 1.29 is 12.8 Å². The smallest absolute Gasteiger partial charge is 0.244 e. The van der Waals surface area contributed by atoms with E-state index in [0.717, 1.165) is 0 Å². The first-order valence-corrected chi connectivity index (χ1v) is 6.91. The van der Waals surface area contributed by atoms with Crippen LogP contribution in [0.3, 0.4) is 0 Å². The van der Waals surface area contributed by atoms with Gasteiger partial charge >= 0.3 is 0 Å². The van der Waals surface area contributed by atoms with Crippen molar-refractivity contribution in [3.63, 3.8) is 0 Å². The molecule has 7 heteroatoms. The summed E-state index contributed by atoms with van der Waals surface area (Å²) in [6.45, 7) is 0.115. The van der Waals surface area contributed by atoms with Crippen molar-refractivity contribution in [2.45, 2.75) is 11.4 Å². The standard InChI is InChI=1S/C11H11ClN2O3S/c12-9-2-1-3-10(13)11(9)18(15,16)14-6-8-4-5-17-7-8/h1-5,7,14H,6,13H2. The van der Waals surface area contributed by atoms with E-state index in [0.29, 0.717) is 5.56 Å². The molecular formula is C11H11ClN2O3S. The highest BCUT2D eigenvalue weighted by Crippen LogP contribution is 2.26. The lowest BCUT2D eigenvalue weighted by molar-refractivity contribution is 0.561. The molecule has 2 aromatic rings. The van der Waals surface area contributed by atoms with E-state index in [2.05, 4.69) is 4.72 Å². The fraction of sp³-hybridized carbons (Fsp3) is 0.0909. The molecule has 96 valence electrons. The molecule has 0 radical (unpaired) electrons. The van der Waals surface area contributed by atoms with Gasteiger partial charge in [0.15, 0.2) is 0 Å². The van der Waals surface area contributed by atoms with Gasteiger partial charge in [0.2, 0.25) is 10.0 Å². The number of nitrogen functional groups attached to an aromatic ring is 1. The van der Waals surface area contributed by atoms with Crippen molar-refractivity contribution in [3.8, 4) is 0 Å². The van der Waals surface area contributed by atoms with E-state index in [1.165, 1.54) is 24.7 Å². The van der Waals surface area contributed by atoms with Gasteiger partial charge in [0, 0.05) is 12.1 Å². The fourth-order valence-corrected chi connectivity index (χ4v) is 3.14. The summed E-state index contributed by atoms with van der Waals surface area (Å²) in [5, 5.41) is 0.0923. The van der Waals surface area contributed by atoms with Gasteiger partial charge < -0.3 is 10.2 Å². The molecule has 0 fully saturated rings. The second kappa shape index (κ2) is 5.01. The molecule has 0 aliphatic rings. The zero-order valence-corrected chi connectivity index (χ0v) is 10.8. The Morgan fingerprint density at radius 3 is 2.72 bits per heavy atom. The summed E-state index contributed by atoms with van der Waals surface area (Å²) in [4.78, 5) is -0.102. The Kier molecular flexibility index (Phi) is 3.60. The van der Waals surface area contributed by atoms with Gasteiger partial charge in [-0.2, -0.15) is 0 Å². The van der Waals surface area contributed by atoms with Gasteiger partial charge in [-0.3, -0.25) is 0 Å². The van der Waals surface area contributed by atoms with Crippen LogP contribution in [0.2, 0.25) is 5.02 Å². The monoisotopic (exact) mass is 286 g/mol. The molecule has 0 saturated carbocycles. The number of hydrogen-bond acceptors (Lipinski definition) is 4. The Labute approximate surface area is 110 Å². The summed E-state index contributed by atoms with van der Waals surface area (Å²) in [6.07, 6.45) is 2.92. The Balaban J connectivity index is 2.26. The minimum Gasteiger partial charge on any atom is -0.472 e. The average molecular weight is 287 g/mol. The third-order valence-corrected chi connectivity index (χ3v) is 4.26. The van der Waals surface area contributed by atoms with Gasteiger partial charge in [-0.05, 0) is 18.2 Å². The summed E-state index contributed by atoms with van der Waals surface area (Å²) in [5.74, 6) is 0. The number of furan rings is 1. The lowest BCUT2D eigenvalue weighted by Gasteiger charge is -2.09. The number of sulfonamides is 1. The van der Waals surface area contributed by atoms with Crippen LogP contribution >= 0.6 is 11.6 Å². The highest BCUT2D eigenvalue weighted by atomic mass is 35.5. The number of nitrogens with two attached hydrogens (primary N) is 1. The Morgan fingerprint density at radius 1 is 1.33 bits per heavy atom. The number of halogens is 1. The van der Waals surface area contributed by atoms with Crippen molar-refractivity contribution in [2.75, 3.05) is 5.73 Å². The molecule has 1 aromatic heterocycles. The van der Waals surface area contributed by atoms with Crippen molar-refractivity contribution in [1.82, 2.24) is 4.72 Å². The van der Waals surface area contributed by atoms with Gasteiger partial charge in [-0.1, -0.05) is 17.7 Å². The van der Waals surface area contributed by atoms with Gasteiger partial charge in [0.05, 0.1) is 23.2 Å². The summed E-state index contributed by atoms with van der Waals surface area (Å²) in [5.41, 5.74) is 6.46. The lowest BCUT2D eigenvalue weighted by atomic mass is 10.3.